The average Bonchev–Trinajstić information content (AvgIpc) is 3.29. The van der Waals surface area contributed by atoms with Crippen LogP contribution in [0.5, 0.6) is 11.5 Å². The summed E-state index contributed by atoms with van der Waals surface area (Å²) in [6, 6.07) is 6.19. The van der Waals surface area contributed by atoms with Crippen LogP contribution in [0.2, 0.25) is 0 Å². The zero-order chi connectivity index (χ0) is 24.2. The van der Waals surface area contributed by atoms with Crippen LogP contribution in [0, 0.1) is 5.92 Å². The van der Waals surface area contributed by atoms with Crippen LogP contribution < -0.4 is 25.5 Å². The number of pyridine rings is 2. The largest absolute Gasteiger partial charge is 0.454 e. The summed E-state index contributed by atoms with van der Waals surface area (Å²) in [5, 5.41) is 6.00. The van der Waals surface area contributed by atoms with Crippen LogP contribution >= 0.6 is 0 Å². The number of nitrogens with one attached hydrogen (secondary N) is 2. The number of hydrogen-bond donors (Lipinski definition) is 2. The lowest BCUT2D eigenvalue weighted by Crippen LogP contribution is -2.48. The molecule has 1 atom stereocenters. The topological polar surface area (TPSA) is 112 Å². The number of fused-ring (bicyclic) bond motifs is 2. The van der Waals surface area contributed by atoms with Gasteiger partial charge in [-0.15, -0.1) is 0 Å². The third-order valence-electron chi connectivity index (χ3n) is 5.70. The maximum atomic E-state index is 13.2. The van der Waals surface area contributed by atoms with Gasteiger partial charge in [0.15, 0.2) is 11.5 Å². The summed E-state index contributed by atoms with van der Waals surface area (Å²) in [6.07, 6.45) is 5.27. The maximum Gasteiger partial charge on any atom is 0.257 e. The van der Waals surface area contributed by atoms with Crippen LogP contribution in [-0.2, 0) is 17.9 Å². The van der Waals surface area contributed by atoms with E-state index >= 15 is 0 Å². The lowest BCUT2D eigenvalue weighted by atomic mass is 10.0. The maximum absolute atomic E-state index is 13.2. The zero-order valence-corrected chi connectivity index (χ0v) is 19.5. The van der Waals surface area contributed by atoms with Crippen molar-refractivity contribution in [3.63, 3.8) is 0 Å². The third-order valence-corrected chi connectivity index (χ3v) is 5.70. The number of carbonyl (C=O) groups excluding carboxylic acids is 2. The molecule has 3 aromatic rings. The number of carbonyl (C=O) groups is 2. The Labute approximate surface area is 197 Å². The van der Waals surface area contributed by atoms with E-state index < -0.39 is 17.4 Å². The number of aromatic nitrogens is 2. The van der Waals surface area contributed by atoms with Gasteiger partial charge in [-0.1, -0.05) is 13.8 Å². The molecule has 9 nitrogen and oxygen atoms in total. The van der Waals surface area contributed by atoms with E-state index in [1.807, 2.05) is 37.5 Å². The van der Waals surface area contributed by atoms with Crippen LogP contribution in [0.25, 0.3) is 10.9 Å². The summed E-state index contributed by atoms with van der Waals surface area (Å²) in [6.45, 7) is 6.81. The van der Waals surface area contributed by atoms with Gasteiger partial charge >= 0.3 is 0 Å². The minimum atomic E-state index is -0.781. The molecule has 1 aliphatic heterocycles. The fourth-order valence-electron chi connectivity index (χ4n) is 3.96. The van der Waals surface area contributed by atoms with Crippen molar-refractivity contribution >= 4 is 22.7 Å². The van der Waals surface area contributed by atoms with E-state index in [-0.39, 0.29) is 24.2 Å². The molecule has 1 aromatic carbocycles. The normalized spacial score (nSPS) is 13.2. The van der Waals surface area contributed by atoms with Gasteiger partial charge in [0.2, 0.25) is 18.1 Å². The Morgan fingerprint density at radius 2 is 1.85 bits per heavy atom. The molecular weight excluding hydrogens is 436 g/mol. The molecule has 0 fully saturated rings. The molecule has 1 unspecified atom stereocenters. The Balaban J connectivity index is 1.60. The Kier molecular flexibility index (Phi) is 6.81. The van der Waals surface area contributed by atoms with E-state index in [0.717, 1.165) is 5.56 Å². The van der Waals surface area contributed by atoms with Crippen molar-refractivity contribution in [2.75, 3.05) is 6.79 Å². The van der Waals surface area contributed by atoms with Gasteiger partial charge in [0, 0.05) is 37.7 Å². The molecule has 9 heteroatoms. The average molecular weight is 465 g/mol. The first kappa shape index (κ1) is 23.3. The number of hydrogen-bond acceptors (Lipinski definition) is 6. The van der Waals surface area contributed by atoms with Crippen LogP contribution in [0.4, 0.5) is 0 Å². The van der Waals surface area contributed by atoms with E-state index in [1.54, 1.807) is 24.5 Å². The van der Waals surface area contributed by atoms with Crippen molar-refractivity contribution < 1.29 is 19.1 Å². The number of benzene rings is 1. The number of aryl methyl sites for hydroxylation is 1. The Bertz CT molecular complexity index is 1270. The molecule has 34 heavy (non-hydrogen) atoms. The molecule has 2 aromatic heterocycles. The monoisotopic (exact) mass is 464 g/mol. The number of rotatable bonds is 8. The first-order valence-corrected chi connectivity index (χ1v) is 11.3. The van der Waals surface area contributed by atoms with Gasteiger partial charge in [0.1, 0.15) is 11.6 Å². The van der Waals surface area contributed by atoms with Gasteiger partial charge in [-0.3, -0.25) is 19.4 Å². The van der Waals surface area contributed by atoms with Gasteiger partial charge in [-0.05, 0) is 43.0 Å². The second-order valence-electron chi connectivity index (χ2n) is 8.61. The van der Waals surface area contributed by atoms with Gasteiger partial charge in [-0.25, -0.2) is 0 Å². The molecule has 1 aliphatic rings. The number of amides is 2. The van der Waals surface area contributed by atoms with Gasteiger partial charge in [-0.2, -0.15) is 0 Å². The minimum absolute atomic E-state index is 0.0242. The predicted octanol–water partition coefficient (Wildman–Crippen LogP) is 2.61. The zero-order valence-electron chi connectivity index (χ0n) is 19.5. The lowest BCUT2D eigenvalue weighted by molar-refractivity contribution is -0.123. The van der Waals surface area contributed by atoms with E-state index in [0.29, 0.717) is 41.9 Å². The first-order chi connectivity index (χ1) is 16.4. The van der Waals surface area contributed by atoms with Crippen LogP contribution in [0.3, 0.4) is 0 Å². The Hall–Kier alpha value is -3.88. The second kappa shape index (κ2) is 9.94. The van der Waals surface area contributed by atoms with E-state index in [4.69, 9.17) is 9.47 Å². The van der Waals surface area contributed by atoms with Gasteiger partial charge in [0.25, 0.3) is 5.91 Å². The van der Waals surface area contributed by atoms with Crippen LogP contribution in [-0.4, -0.2) is 34.2 Å². The molecule has 0 aliphatic carbocycles. The highest BCUT2D eigenvalue weighted by Gasteiger charge is 2.25. The fourth-order valence-corrected chi connectivity index (χ4v) is 3.96. The quantitative estimate of drug-likeness (QED) is 0.530. The molecule has 4 rings (SSSR count). The van der Waals surface area contributed by atoms with Crippen LogP contribution in [0.15, 0.2) is 47.7 Å². The van der Waals surface area contributed by atoms with Crippen molar-refractivity contribution in [1.82, 2.24) is 20.2 Å². The summed E-state index contributed by atoms with van der Waals surface area (Å²) in [7, 11) is 0. The summed E-state index contributed by atoms with van der Waals surface area (Å²) >= 11 is 0. The third kappa shape index (κ3) is 4.88. The van der Waals surface area contributed by atoms with Crippen molar-refractivity contribution in [2.45, 2.75) is 46.3 Å². The smallest absolute Gasteiger partial charge is 0.257 e. The van der Waals surface area contributed by atoms with Crippen molar-refractivity contribution in [3.05, 3.63) is 64.2 Å². The summed E-state index contributed by atoms with van der Waals surface area (Å²) in [5.41, 5.74) is 1.11. The molecule has 2 N–H and O–H groups in total. The van der Waals surface area contributed by atoms with Crippen molar-refractivity contribution in [3.8, 4) is 11.5 Å². The molecule has 0 radical (unpaired) electrons. The first-order valence-electron chi connectivity index (χ1n) is 11.3. The molecule has 178 valence electrons. The second-order valence-corrected chi connectivity index (χ2v) is 8.61. The minimum Gasteiger partial charge on any atom is -0.454 e. The summed E-state index contributed by atoms with van der Waals surface area (Å²) < 4.78 is 12.7. The predicted molar refractivity (Wildman–Crippen MR) is 127 cm³/mol. The van der Waals surface area contributed by atoms with Gasteiger partial charge in [0.05, 0.1) is 10.9 Å². The van der Waals surface area contributed by atoms with E-state index in [2.05, 4.69) is 15.6 Å². The van der Waals surface area contributed by atoms with Crippen molar-refractivity contribution in [1.29, 1.82) is 0 Å². The molecule has 0 bridgehead atoms. The number of ether oxygens (including phenoxy) is 2. The van der Waals surface area contributed by atoms with E-state index in [9.17, 15) is 14.4 Å². The molecule has 3 heterocycles. The van der Waals surface area contributed by atoms with Gasteiger partial charge < -0.3 is 24.7 Å². The van der Waals surface area contributed by atoms with E-state index in [1.165, 1.54) is 6.20 Å². The highest BCUT2D eigenvalue weighted by Crippen LogP contribution is 2.35. The SMILES string of the molecule is CCn1cc(C(=O)NC(CC(C)C)C(=O)NCc2ccncc2)c(=O)c2cc3c(cc21)OCO3. The standard InChI is InChI=1S/C25H28N4O5/c1-4-29-13-18(23(30)17-10-21-22(11-20(17)29)34-14-33-21)24(31)28-19(9-15(2)3)25(32)27-12-16-5-7-26-8-6-16/h5-8,10-11,13,15,19H,4,9,12,14H2,1-3H3,(H,27,32)(H,28,31). The Morgan fingerprint density at radius 1 is 1.15 bits per heavy atom. The van der Waals surface area contributed by atoms with Crippen LogP contribution in [0.1, 0.15) is 43.1 Å². The molecule has 2 amide bonds. The number of nitrogens with zero attached hydrogens (tertiary/aromatic N) is 2. The fraction of sp³-hybridized carbons (Fsp3) is 0.360. The highest BCUT2D eigenvalue weighted by molar-refractivity contribution is 6.00. The molecule has 0 saturated carbocycles. The lowest BCUT2D eigenvalue weighted by Gasteiger charge is -2.21. The highest BCUT2D eigenvalue weighted by atomic mass is 16.7. The van der Waals surface area contributed by atoms with Crippen molar-refractivity contribution in [2.24, 2.45) is 5.92 Å². The summed E-state index contributed by atoms with van der Waals surface area (Å²) in [5.74, 6) is 0.295. The summed E-state index contributed by atoms with van der Waals surface area (Å²) in [4.78, 5) is 43.3. The molecule has 0 spiro atoms. The Morgan fingerprint density at radius 3 is 2.53 bits per heavy atom. The molecular formula is C25H28N4O5. The molecule has 0 saturated heterocycles.